The van der Waals surface area contributed by atoms with Crippen molar-refractivity contribution in [1.82, 2.24) is 14.8 Å². The van der Waals surface area contributed by atoms with Crippen molar-refractivity contribution < 1.29 is 9.59 Å². The highest BCUT2D eigenvalue weighted by Crippen LogP contribution is 2.28. The molecule has 6 nitrogen and oxygen atoms in total. The van der Waals surface area contributed by atoms with Crippen LogP contribution < -0.4 is 5.43 Å². The molecule has 2 amide bonds. The minimum atomic E-state index is -0.290. The zero-order valence-corrected chi connectivity index (χ0v) is 10.5. The minimum absolute atomic E-state index is 0.000350. The van der Waals surface area contributed by atoms with Gasteiger partial charge in [0.05, 0.1) is 0 Å². The molecule has 100 valence electrons. The van der Waals surface area contributed by atoms with Crippen LogP contribution in [-0.4, -0.2) is 52.3 Å². The Hall–Kier alpha value is -2.11. The summed E-state index contributed by atoms with van der Waals surface area (Å²) in [5, 5.41) is 0. The Labute approximate surface area is 110 Å². The van der Waals surface area contributed by atoms with Crippen molar-refractivity contribution in [3.8, 4) is 0 Å². The molecule has 6 heteroatoms. The molecule has 1 saturated carbocycles. The summed E-state index contributed by atoms with van der Waals surface area (Å²) in [6.45, 7) is 1.22. The number of carbonyl (C=O) groups is 2. The van der Waals surface area contributed by atoms with Gasteiger partial charge in [-0.15, -0.1) is 0 Å². The van der Waals surface area contributed by atoms with Gasteiger partial charge in [0.15, 0.2) is 5.43 Å². The molecule has 0 bridgehead atoms. The Balaban J connectivity index is 1.71. The number of aromatic amines is 1. The molecule has 0 radical (unpaired) electrons. The van der Waals surface area contributed by atoms with Crippen molar-refractivity contribution in [2.75, 3.05) is 19.6 Å². The fraction of sp³-hybridized carbons (Fsp3) is 0.462. The highest BCUT2D eigenvalue weighted by atomic mass is 16.2. The number of nitrogens with one attached hydrogen (secondary N) is 1. The molecular weight excluding hydrogens is 246 g/mol. The van der Waals surface area contributed by atoms with Crippen LogP contribution in [0.4, 0.5) is 0 Å². The van der Waals surface area contributed by atoms with Crippen molar-refractivity contribution in [2.45, 2.75) is 18.9 Å². The van der Waals surface area contributed by atoms with Crippen molar-refractivity contribution in [3.05, 3.63) is 34.2 Å². The van der Waals surface area contributed by atoms with Crippen LogP contribution in [0.2, 0.25) is 0 Å². The van der Waals surface area contributed by atoms with E-state index in [1.165, 1.54) is 23.2 Å². The number of H-pyrrole nitrogens is 1. The second kappa shape index (κ2) is 4.53. The van der Waals surface area contributed by atoms with Gasteiger partial charge in [-0.1, -0.05) is 0 Å². The van der Waals surface area contributed by atoms with Gasteiger partial charge in [0.25, 0.3) is 5.91 Å². The minimum Gasteiger partial charge on any atom is -0.357 e. The summed E-state index contributed by atoms with van der Waals surface area (Å²) in [5.74, 6) is -0.290. The molecule has 3 rings (SSSR count). The fourth-order valence-corrected chi connectivity index (χ4v) is 2.37. The maximum atomic E-state index is 12.2. The lowest BCUT2D eigenvalue weighted by atomic mass is 10.2. The van der Waals surface area contributed by atoms with E-state index in [1.807, 2.05) is 4.90 Å². The van der Waals surface area contributed by atoms with E-state index in [1.54, 1.807) is 0 Å². The molecule has 0 unspecified atom stereocenters. The third-order valence-electron chi connectivity index (χ3n) is 3.54. The topological polar surface area (TPSA) is 73.5 Å². The molecule has 1 aliphatic carbocycles. The Morgan fingerprint density at radius 1 is 1.26 bits per heavy atom. The molecule has 2 aliphatic rings. The van der Waals surface area contributed by atoms with Crippen LogP contribution in [-0.2, 0) is 4.79 Å². The van der Waals surface area contributed by atoms with E-state index in [-0.39, 0.29) is 29.5 Å². The van der Waals surface area contributed by atoms with E-state index in [9.17, 15) is 14.4 Å². The lowest BCUT2D eigenvalue weighted by molar-refractivity contribution is -0.135. The average molecular weight is 261 g/mol. The second-order valence-electron chi connectivity index (χ2n) is 4.98. The van der Waals surface area contributed by atoms with Crippen LogP contribution in [0.5, 0.6) is 0 Å². The van der Waals surface area contributed by atoms with Gasteiger partial charge in [-0.05, 0) is 12.8 Å². The number of nitrogens with zero attached hydrogens (tertiary/aromatic N) is 2. The Morgan fingerprint density at radius 3 is 2.68 bits per heavy atom. The van der Waals surface area contributed by atoms with Gasteiger partial charge < -0.3 is 14.8 Å². The first-order chi connectivity index (χ1) is 9.15. The fourth-order valence-electron chi connectivity index (χ4n) is 2.37. The van der Waals surface area contributed by atoms with E-state index < -0.39 is 0 Å². The standard InChI is InChI=1S/C13H15N3O3/c17-10-3-4-14-11(7-10)13(19)15-5-6-16(9-1-2-9)12(18)8-15/h3-4,7,9H,1-2,5-6,8H2,(H,14,17). The van der Waals surface area contributed by atoms with Crippen LogP contribution >= 0.6 is 0 Å². The molecule has 0 aromatic carbocycles. The van der Waals surface area contributed by atoms with Crippen molar-refractivity contribution >= 4 is 11.8 Å². The van der Waals surface area contributed by atoms with Gasteiger partial charge in [-0.2, -0.15) is 0 Å². The zero-order valence-electron chi connectivity index (χ0n) is 10.5. The third-order valence-corrected chi connectivity index (χ3v) is 3.54. The third kappa shape index (κ3) is 2.38. The monoisotopic (exact) mass is 261 g/mol. The van der Waals surface area contributed by atoms with Crippen molar-refractivity contribution in [2.24, 2.45) is 0 Å². The predicted molar refractivity (Wildman–Crippen MR) is 67.7 cm³/mol. The molecule has 0 spiro atoms. The molecule has 1 aromatic heterocycles. The van der Waals surface area contributed by atoms with Crippen LogP contribution in [0.15, 0.2) is 23.1 Å². The molecule has 19 heavy (non-hydrogen) atoms. The van der Waals surface area contributed by atoms with Crippen molar-refractivity contribution in [3.63, 3.8) is 0 Å². The quantitative estimate of drug-likeness (QED) is 0.802. The van der Waals surface area contributed by atoms with E-state index in [2.05, 4.69) is 4.98 Å². The molecule has 1 saturated heterocycles. The summed E-state index contributed by atoms with van der Waals surface area (Å²) in [7, 11) is 0. The molecule has 1 aromatic rings. The molecule has 2 fully saturated rings. The maximum Gasteiger partial charge on any atom is 0.270 e. The molecular formula is C13H15N3O3. The number of amides is 2. The van der Waals surface area contributed by atoms with Gasteiger partial charge in [0, 0.05) is 37.5 Å². The van der Waals surface area contributed by atoms with Crippen LogP contribution in [0.25, 0.3) is 0 Å². The molecule has 1 N–H and O–H groups in total. The summed E-state index contributed by atoms with van der Waals surface area (Å²) < 4.78 is 0. The van der Waals surface area contributed by atoms with Gasteiger partial charge in [-0.3, -0.25) is 14.4 Å². The number of rotatable bonds is 2. The van der Waals surface area contributed by atoms with Gasteiger partial charge in [0.1, 0.15) is 12.2 Å². The summed E-state index contributed by atoms with van der Waals surface area (Å²) in [6, 6.07) is 3.01. The summed E-state index contributed by atoms with van der Waals surface area (Å²) >= 11 is 0. The predicted octanol–water partition coefficient (Wildman–Crippen LogP) is -0.178. The molecule has 1 aliphatic heterocycles. The number of hydrogen-bond donors (Lipinski definition) is 1. The van der Waals surface area contributed by atoms with Gasteiger partial charge in [0.2, 0.25) is 5.91 Å². The maximum absolute atomic E-state index is 12.2. The first kappa shape index (κ1) is 12.0. The lowest BCUT2D eigenvalue weighted by Gasteiger charge is -2.34. The zero-order chi connectivity index (χ0) is 13.4. The van der Waals surface area contributed by atoms with E-state index in [4.69, 9.17) is 0 Å². The number of aromatic nitrogens is 1. The number of hydrogen-bond acceptors (Lipinski definition) is 3. The second-order valence-corrected chi connectivity index (χ2v) is 4.98. The molecule has 2 heterocycles. The number of carbonyl (C=O) groups excluding carboxylic acids is 2. The highest BCUT2D eigenvalue weighted by Gasteiger charge is 2.36. The largest absolute Gasteiger partial charge is 0.357 e. The Morgan fingerprint density at radius 2 is 2.05 bits per heavy atom. The first-order valence-electron chi connectivity index (χ1n) is 6.42. The lowest BCUT2D eigenvalue weighted by Crippen LogP contribution is -2.53. The summed E-state index contributed by atoms with van der Waals surface area (Å²) in [5.41, 5.74) is 0.0187. The SMILES string of the molecule is O=C(c1cc(=O)cc[nH]1)N1CCN(C2CC2)C(=O)C1. The van der Waals surface area contributed by atoms with Gasteiger partial charge in [-0.25, -0.2) is 0 Å². The van der Waals surface area contributed by atoms with Gasteiger partial charge >= 0.3 is 0 Å². The van der Waals surface area contributed by atoms with Crippen LogP contribution in [0.3, 0.4) is 0 Å². The van der Waals surface area contributed by atoms with E-state index in [0.717, 1.165) is 12.8 Å². The highest BCUT2D eigenvalue weighted by molar-refractivity contribution is 5.95. The van der Waals surface area contributed by atoms with E-state index in [0.29, 0.717) is 19.1 Å². The number of piperazine rings is 1. The summed E-state index contributed by atoms with van der Waals surface area (Å²) in [4.78, 5) is 41.5. The van der Waals surface area contributed by atoms with Crippen molar-refractivity contribution in [1.29, 1.82) is 0 Å². The van der Waals surface area contributed by atoms with E-state index >= 15 is 0 Å². The number of pyridine rings is 1. The van der Waals surface area contributed by atoms with Crippen LogP contribution in [0, 0.1) is 0 Å². The summed E-state index contributed by atoms with van der Waals surface area (Å²) in [6.07, 6.45) is 3.59. The Bertz CT molecular complexity index is 576. The first-order valence-corrected chi connectivity index (χ1v) is 6.42. The smallest absolute Gasteiger partial charge is 0.270 e. The normalized spacial score (nSPS) is 19.7. The molecule has 0 atom stereocenters. The average Bonchev–Trinajstić information content (AvgIpc) is 3.22. The van der Waals surface area contributed by atoms with Crippen LogP contribution in [0.1, 0.15) is 23.3 Å². The Kier molecular flexibility index (Phi) is 2.85.